The highest BCUT2D eigenvalue weighted by atomic mass is 32.1. The van der Waals surface area contributed by atoms with Crippen molar-refractivity contribution >= 4 is 125 Å². The first kappa shape index (κ1) is 48.0. The molecule has 376 valence electrons. The zero-order chi connectivity index (χ0) is 52.8. The van der Waals surface area contributed by atoms with Crippen molar-refractivity contribution in [2.24, 2.45) is 0 Å². The number of benzene rings is 10. The molecular weight excluding hydrogens is 939 g/mol. The fourth-order valence-electron chi connectivity index (χ4n) is 11.9. The average molecular weight is 1010 g/mol. The molecular formula is C72H67N3S. The molecule has 4 heteroatoms. The smallest absolute Gasteiger partial charge is 0.0635 e. The van der Waals surface area contributed by atoms with Crippen LogP contribution in [0.25, 0.3) is 79.8 Å². The van der Waals surface area contributed by atoms with Gasteiger partial charge in [-0.05, 0) is 175 Å². The second kappa shape index (κ2) is 16.9. The van der Waals surface area contributed by atoms with E-state index < -0.39 is 0 Å². The number of rotatable bonds is 6. The maximum atomic E-state index is 2.58. The third kappa shape index (κ3) is 7.90. The number of aromatic nitrogens is 1. The summed E-state index contributed by atoms with van der Waals surface area (Å²) in [6.45, 7) is 27.4. The summed E-state index contributed by atoms with van der Waals surface area (Å²) in [5, 5.41) is 12.7. The van der Waals surface area contributed by atoms with Gasteiger partial charge in [0.1, 0.15) is 0 Å². The molecule has 0 bridgehead atoms. The second-order valence-electron chi connectivity index (χ2n) is 25.6. The monoisotopic (exact) mass is 1010 g/mol. The van der Waals surface area contributed by atoms with Crippen molar-refractivity contribution in [3.05, 3.63) is 210 Å². The fourth-order valence-corrected chi connectivity index (χ4v) is 13.1. The molecule has 0 unspecified atom stereocenters. The molecule has 0 spiro atoms. The predicted octanol–water partition coefficient (Wildman–Crippen LogP) is 21.6. The minimum Gasteiger partial charge on any atom is -0.310 e. The van der Waals surface area contributed by atoms with Gasteiger partial charge < -0.3 is 14.2 Å². The first-order valence-corrected chi connectivity index (χ1v) is 28.0. The zero-order valence-corrected chi connectivity index (χ0v) is 47.0. The Balaban J connectivity index is 1.01. The van der Waals surface area contributed by atoms with Crippen LogP contribution >= 0.6 is 11.3 Å². The molecule has 0 aliphatic carbocycles. The first-order chi connectivity index (χ1) is 36.2. The summed E-state index contributed by atoms with van der Waals surface area (Å²) in [5.41, 5.74) is 16.2. The van der Waals surface area contributed by atoms with Crippen LogP contribution in [-0.4, -0.2) is 4.40 Å². The Hall–Kier alpha value is -7.66. The van der Waals surface area contributed by atoms with Crippen molar-refractivity contribution in [2.45, 2.75) is 105 Å². The van der Waals surface area contributed by atoms with Crippen molar-refractivity contribution in [1.29, 1.82) is 0 Å². The van der Waals surface area contributed by atoms with E-state index in [-0.39, 0.29) is 21.7 Å². The number of nitrogens with zero attached hydrogens (tertiary/aromatic N) is 3. The van der Waals surface area contributed by atoms with Crippen LogP contribution < -0.4 is 9.80 Å². The van der Waals surface area contributed by atoms with Gasteiger partial charge in [-0.15, -0.1) is 11.3 Å². The molecule has 3 nitrogen and oxygen atoms in total. The Kier molecular flexibility index (Phi) is 10.7. The molecule has 0 saturated carbocycles. The lowest BCUT2D eigenvalue weighted by molar-refractivity contribution is 0.590. The number of hydrogen-bond donors (Lipinski definition) is 0. The van der Waals surface area contributed by atoms with Gasteiger partial charge in [0.2, 0.25) is 0 Å². The summed E-state index contributed by atoms with van der Waals surface area (Å²) in [6, 6.07) is 72.1. The third-order valence-corrected chi connectivity index (χ3v) is 17.5. The largest absolute Gasteiger partial charge is 0.310 e. The van der Waals surface area contributed by atoms with Crippen molar-refractivity contribution in [3.63, 3.8) is 0 Å². The number of anilines is 6. The average Bonchev–Trinajstić information content (AvgIpc) is 4.04. The van der Waals surface area contributed by atoms with Crippen LogP contribution in [0, 0.1) is 0 Å². The standard InChI is InChI=1S/C72H67N3S/c1-69(2,3)48-19-29-52(30-20-48)73(53-31-21-49(22-32-53)70(4,5)6)56-27-17-44-41-63-59(39-46(44)37-56)60-43-61-58-15-13-14-16-65(58)76-68(61)66-62-40-47-38-57(28-18-45(47)42-64(62)75(63)67(60)66)74(54-33-23-50(24-34-54)71(7,8)9)55-35-25-51(26-36-55)72(10,11)12/h13-43H,1-12H3. The van der Waals surface area contributed by atoms with Crippen LogP contribution in [-0.2, 0) is 21.7 Å². The lowest BCUT2D eigenvalue weighted by atomic mass is 9.86. The summed E-state index contributed by atoms with van der Waals surface area (Å²) in [5.74, 6) is 0. The Bertz CT molecular complexity index is 4280. The van der Waals surface area contributed by atoms with E-state index in [1.54, 1.807) is 0 Å². The molecule has 3 aromatic heterocycles. The van der Waals surface area contributed by atoms with Gasteiger partial charge in [-0.25, -0.2) is 0 Å². The van der Waals surface area contributed by atoms with E-state index in [4.69, 9.17) is 0 Å². The van der Waals surface area contributed by atoms with Gasteiger partial charge in [0.15, 0.2) is 0 Å². The highest BCUT2D eigenvalue weighted by molar-refractivity contribution is 7.26. The van der Waals surface area contributed by atoms with Crippen molar-refractivity contribution < 1.29 is 0 Å². The maximum absolute atomic E-state index is 2.58. The molecule has 3 heterocycles. The summed E-state index contributed by atoms with van der Waals surface area (Å²) in [4.78, 5) is 4.85. The van der Waals surface area contributed by atoms with Gasteiger partial charge in [0.25, 0.3) is 0 Å². The molecule has 13 rings (SSSR count). The van der Waals surface area contributed by atoms with E-state index in [0.29, 0.717) is 0 Å². The van der Waals surface area contributed by atoms with E-state index in [2.05, 4.69) is 285 Å². The van der Waals surface area contributed by atoms with Gasteiger partial charge in [-0.1, -0.05) is 162 Å². The molecule has 10 aromatic carbocycles. The van der Waals surface area contributed by atoms with Crippen LogP contribution in [0.3, 0.4) is 0 Å². The SMILES string of the molecule is CC(C)(C)c1ccc(N(c2ccc(C(C)(C)C)cc2)c2ccc3cc4c(cc3c2)c2cc3c5ccccc5sc3c3c5cc6cc(N(c7ccc(C(C)(C)C)cc7)c7ccc(C(C)(C)C)cc7)ccc6cc5n4c23)cc1. The van der Waals surface area contributed by atoms with E-state index in [1.165, 1.54) is 102 Å². The van der Waals surface area contributed by atoms with Gasteiger partial charge in [-0.2, -0.15) is 0 Å². The van der Waals surface area contributed by atoms with Crippen molar-refractivity contribution in [3.8, 4) is 0 Å². The normalized spacial score (nSPS) is 13.0. The summed E-state index contributed by atoms with van der Waals surface area (Å²) >= 11 is 1.93. The summed E-state index contributed by atoms with van der Waals surface area (Å²) in [7, 11) is 0. The van der Waals surface area contributed by atoms with Crippen LogP contribution in [0.2, 0.25) is 0 Å². The van der Waals surface area contributed by atoms with Gasteiger partial charge in [-0.3, -0.25) is 0 Å². The Morgan fingerprint density at radius 1 is 0.316 bits per heavy atom. The molecule has 0 radical (unpaired) electrons. The Morgan fingerprint density at radius 2 is 0.697 bits per heavy atom. The Labute approximate surface area is 452 Å². The van der Waals surface area contributed by atoms with Crippen molar-refractivity contribution in [1.82, 2.24) is 4.40 Å². The molecule has 0 atom stereocenters. The topological polar surface area (TPSA) is 10.9 Å². The summed E-state index contributed by atoms with van der Waals surface area (Å²) < 4.78 is 5.25. The molecule has 13 aromatic rings. The molecule has 0 aliphatic rings. The minimum absolute atomic E-state index is 0.0616. The Morgan fingerprint density at radius 3 is 1.12 bits per heavy atom. The van der Waals surface area contributed by atoms with Crippen LogP contribution in [0.15, 0.2) is 188 Å². The van der Waals surface area contributed by atoms with E-state index in [0.717, 1.165) is 34.1 Å². The number of hydrogen-bond acceptors (Lipinski definition) is 3. The lowest BCUT2D eigenvalue weighted by Gasteiger charge is -2.28. The lowest BCUT2D eigenvalue weighted by Crippen LogP contribution is -2.14. The highest BCUT2D eigenvalue weighted by Gasteiger charge is 2.26. The minimum atomic E-state index is 0.0616. The molecule has 0 saturated heterocycles. The molecule has 0 amide bonds. The summed E-state index contributed by atoms with van der Waals surface area (Å²) in [6.07, 6.45) is 0. The quantitative estimate of drug-likeness (QED) is 0.164. The molecule has 76 heavy (non-hydrogen) atoms. The predicted molar refractivity (Wildman–Crippen MR) is 333 cm³/mol. The molecule has 0 fully saturated rings. The highest BCUT2D eigenvalue weighted by Crippen LogP contribution is 2.50. The number of fused-ring (bicyclic) bond motifs is 12. The maximum Gasteiger partial charge on any atom is 0.0635 e. The van der Waals surface area contributed by atoms with E-state index >= 15 is 0 Å². The first-order valence-electron chi connectivity index (χ1n) is 27.1. The van der Waals surface area contributed by atoms with Gasteiger partial charge in [0.05, 0.1) is 16.6 Å². The molecule has 0 aliphatic heterocycles. The number of thiophene rings is 1. The second-order valence-corrected chi connectivity index (χ2v) is 26.7. The van der Waals surface area contributed by atoms with E-state index in [9.17, 15) is 0 Å². The van der Waals surface area contributed by atoms with E-state index in [1.807, 2.05) is 11.3 Å². The van der Waals surface area contributed by atoms with Crippen LogP contribution in [0.1, 0.15) is 105 Å². The van der Waals surface area contributed by atoms with Crippen molar-refractivity contribution in [2.75, 3.05) is 9.80 Å². The molecule has 0 N–H and O–H groups in total. The van der Waals surface area contributed by atoms with Crippen LogP contribution in [0.4, 0.5) is 34.1 Å². The third-order valence-electron chi connectivity index (χ3n) is 16.3. The van der Waals surface area contributed by atoms with Gasteiger partial charge in [0, 0.05) is 75.8 Å². The zero-order valence-electron chi connectivity index (χ0n) is 46.1. The van der Waals surface area contributed by atoms with Gasteiger partial charge >= 0.3 is 0 Å². The fraction of sp³-hybridized carbons (Fsp3) is 0.222. The van der Waals surface area contributed by atoms with Crippen LogP contribution in [0.5, 0.6) is 0 Å².